The van der Waals surface area contributed by atoms with E-state index in [2.05, 4.69) is 41.1 Å². The number of hydrogen-bond donors (Lipinski definition) is 1. The van der Waals surface area contributed by atoms with Crippen molar-refractivity contribution in [2.24, 2.45) is 0 Å². The van der Waals surface area contributed by atoms with Gasteiger partial charge in [0.2, 0.25) is 0 Å². The lowest BCUT2D eigenvalue weighted by molar-refractivity contribution is 0.153. The van der Waals surface area contributed by atoms with E-state index in [0.29, 0.717) is 6.04 Å². The molecule has 1 aromatic carbocycles. The van der Waals surface area contributed by atoms with E-state index in [1.54, 1.807) is 11.3 Å². The zero-order valence-corrected chi connectivity index (χ0v) is 14.0. The molecule has 2 aromatic rings. The van der Waals surface area contributed by atoms with Gasteiger partial charge in [0.25, 0.3) is 0 Å². The molecule has 4 heteroatoms. The van der Waals surface area contributed by atoms with Gasteiger partial charge in [-0.15, -0.1) is 11.3 Å². The molecule has 0 bridgehead atoms. The minimum absolute atomic E-state index is 0.256. The molecule has 118 valence electrons. The van der Waals surface area contributed by atoms with Crippen molar-refractivity contribution < 1.29 is 5.11 Å². The van der Waals surface area contributed by atoms with Crippen LogP contribution in [0.25, 0.3) is 0 Å². The van der Waals surface area contributed by atoms with Crippen LogP contribution in [0.1, 0.15) is 47.0 Å². The van der Waals surface area contributed by atoms with Gasteiger partial charge >= 0.3 is 0 Å². The summed E-state index contributed by atoms with van der Waals surface area (Å²) in [6.45, 7) is 4.22. The molecule has 1 aromatic heterocycles. The molecule has 1 aliphatic carbocycles. The number of fused-ring (bicyclic) bond motifs is 1. The highest BCUT2D eigenvalue weighted by Crippen LogP contribution is 2.35. The minimum atomic E-state index is 0.256. The summed E-state index contributed by atoms with van der Waals surface area (Å²) in [7, 11) is 0. The number of aryl methyl sites for hydroxylation is 2. The van der Waals surface area contributed by atoms with Crippen molar-refractivity contribution in [1.29, 1.82) is 0 Å². The van der Waals surface area contributed by atoms with Crippen LogP contribution in [-0.2, 0) is 13.0 Å². The van der Waals surface area contributed by atoms with Gasteiger partial charge in [-0.25, -0.2) is 4.98 Å². The van der Waals surface area contributed by atoms with E-state index in [1.807, 2.05) is 5.51 Å². The maximum Gasteiger partial charge on any atom is 0.0798 e. The lowest BCUT2D eigenvalue weighted by Gasteiger charge is -2.35. The molecule has 22 heavy (non-hydrogen) atoms. The molecule has 0 saturated carbocycles. The van der Waals surface area contributed by atoms with Gasteiger partial charge in [0.1, 0.15) is 0 Å². The van der Waals surface area contributed by atoms with Crippen molar-refractivity contribution >= 4 is 11.3 Å². The van der Waals surface area contributed by atoms with Gasteiger partial charge in [-0.2, -0.15) is 0 Å². The fourth-order valence-electron chi connectivity index (χ4n) is 3.39. The summed E-state index contributed by atoms with van der Waals surface area (Å²) >= 11 is 1.74. The van der Waals surface area contributed by atoms with Crippen molar-refractivity contribution in [2.45, 2.75) is 45.2 Å². The molecule has 1 atom stereocenters. The Labute approximate surface area is 136 Å². The van der Waals surface area contributed by atoms with E-state index in [0.717, 1.165) is 25.2 Å². The van der Waals surface area contributed by atoms with Crippen LogP contribution >= 0.6 is 11.3 Å². The number of aliphatic hydroxyl groups excluding tert-OH is 1. The van der Waals surface area contributed by atoms with E-state index in [9.17, 15) is 5.11 Å². The molecular weight excluding hydrogens is 292 g/mol. The van der Waals surface area contributed by atoms with Gasteiger partial charge in [0.05, 0.1) is 11.2 Å². The highest BCUT2D eigenvalue weighted by atomic mass is 32.1. The quantitative estimate of drug-likeness (QED) is 0.882. The molecule has 0 amide bonds. The monoisotopic (exact) mass is 316 g/mol. The van der Waals surface area contributed by atoms with Crippen molar-refractivity contribution in [3.8, 4) is 0 Å². The third kappa shape index (κ3) is 3.40. The second-order valence-corrected chi connectivity index (χ2v) is 6.95. The Morgan fingerprint density at radius 1 is 1.36 bits per heavy atom. The average Bonchev–Trinajstić information content (AvgIpc) is 2.96. The molecule has 0 spiro atoms. The lowest BCUT2D eigenvalue weighted by atomic mass is 9.86. The molecular formula is C18H24N2OS. The summed E-state index contributed by atoms with van der Waals surface area (Å²) in [6.07, 6.45) is 4.48. The Morgan fingerprint density at radius 2 is 2.23 bits per heavy atom. The summed E-state index contributed by atoms with van der Waals surface area (Å²) in [5.74, 6) is 0. The lowest BCUT2D eigenvalue weighted by Crippen LogP contribution is -2.32. The van der Waals surface area contributed by atoms with Crippen LogP contribution < -0.4 is 0 Å². The summed E-state index contributed by atoms with van der Waals surface area (Å²) in [5.41, 5.74) is 6.05. The highest BCUT2D eigenvalue weighted by Gasteiger charge is 2.26. The van der Waals surface area contributed by atoms with Crippen LogP contribution in [0.5, 0.6) is 0 Å². The fourth-order valence-corrected chi connectivity index (χ4v) is 4.19. The Kier molecular flexibility index (Phi) is 5.24. The van der Waals surface area contributed by atoms with Gasteiger partial charge in [-0.05, 0) is 43.7 Å². The van der Waals surface area contributed by atoms with Crippen LogP contribution in [0.4, 0.5) is 0 Å². The Bertz CT molecular complexity index is 611. The summed E-state index contributed by atoms with van der Waals surface area (Å²) < 4.78 is 0. The minimum Gasteiger partial charge on any atom is -0.396 e. The molecule has 3 rings (SSSR count). The highest BCUT2D eigenvalue weighted by molar-refractivity contribution is 7.09. The summed E-state index contributed by atoms with van der Waals surface area (Å²) in [6, 6.07) is 9.32. The van der Waals surface area contributed by atoms with E-state index < -0.39 is 0 Å². The zero-order valence-electron chi connectivity index (χ0n) is 13.2. The molecule has 1 heterocycles. The first-order valence-corrected chi connectivity index (χ1v) is 8.99. The molecule has 0 radical (unpaired) electrons. The van der Waals surface area contributed by atoms with Gasteiger partial charge < -0.3 is 5.11 Å². The number of rotatable bonds is 6. The number of nitrogens with zero attached hydrogens (tertiary/aromatic N) is 2. The zero-order chi connectivity index (χ0) is 15.4. The van der Waals surface area contributed by atoms with Crippen LogP contribution in [0.15, 0.2) is 29.8 Å². The predicted octanol–water partition coefficient (Wildman–Crippen LogP) is 3.71. The smallest absolute Gasteiger partial charge is 0.0798 e. The Morgan fingerprint density at radius 3 is 3.00 bits per heavy atom. The molecule has 0 fully saturated rings. The second kappa shape index (κ2) is 7.36. The van der Waals surface area contributed by atoms with E-state index in [1.165, 1.54) is 35.3 Å². The number of aromatic nitrogens is 1. The van der Waals surface area contributed by atoms with Crippen molar-refractivity contribution in [3.63, 3.8) is 0 Å². The number of aliphatic hydroxyl groups is 1. The van der Waals surface area contributed by atoms with Crippen molar-refractivity contribution in [1.82, 2.24) is 9.88 Å². The van der Waals surface area contributed by atoms with E-state index in [4.69, 9.17) is 0 Å². The third-order valence-corrected chi connectivity index (χ3v) is 5.49. The van der Waals surface area contributed by atoms with E-state index in [-0.39, 0.29) is 6.61 Å². The second-order valence-electron chi connectivity index (χ2n) is 6.02. The Balaban J connectivity index is 1.84. The fraction of sp³-hybridized carbons (Fsp3) is 0.500. The third-order valence-electron chi connectivity index (χ3n) is 4.57. The molecule has 3 nitrogen and oxygen atoms in total. The number of thiazole rings is 1. The molecule has 1 aliphatic rings. The Hall–Kier alpha value is -1.23. The van der Waals surface area contributed by atoms with Crippen LogP contribution in [0.3, 0.4) is 0 Å². The van der Waals surface area contributed by atoms with Crippen LogP contribution in [0, 0.1) is 6.92 Å². The van der Waals surface area contributed by atoms with Crippen molar-refractivity contribution in [2.75, 3.05) is 13.2 Å². The maximum absolute atomic E-state index is 9.25. The SMILES string of the molecule is Cc1ncsc1CN(CCCO)C1CCCc2ccccc21. The number of hydrogen-bond acceptors (Lipinski definition) is 4. The normalized spacial score (nSPS) is 17.7. The topological polar surface area (TPSA) is 36.4 Å². The molecule has 1 unspecified atom stereocenters. The maximum atomic E-state index is 9.25. The molecule has 0 saturated heterocycles. The predicted molar refractivity (Wildman–Crippen MR) is 91.1 cm³/mol. The number of benzene rings is 1. The summed E-state index contributed by atoms with van der Waals surface area (Å²) in [5, 5.41) is 9.25. The molecule has 0 aliphatic heterocycles. The van der Waals surface area contributed by atoms with Gasteiger partial charge in [-0.1, -0.05) is 24.3 Å². The average molecular weight is 316 g/mol. The first-order chi connectivity index (χ1) is 10.8. The first kappa shape index (κ1) is 15.7. The largest absolute Gasteiger partial charge is 0.396 e. The first-order valence-electron chi connectivity index (χ1n) is 8.11. The van der Waals surface area contributed by atoms with Gasteiger partial charge in [0, 0.05) is 30.6 Å². The summed E-state index contributed by atoms with van der Waals surface area (Å²) in [4.78, 5) is 8.27. The molecule has 1 N–H and O–H groups in total. The van der Waals surface area contributed by atoms with Crippen LogP contribution in [-0.4, -0.2) is 28.1 Å². The van der Waals surface area contributed by atoms with Crippen LogP contribution in [0.2, 0.25) is 0 Å². The standard InChI is InChI=1S/C18H24N2OS/c1-14-18(22-13-19-14)12-20(10-5-11-21)17-9-4-7-15-6-2-3-8-16(15)17/h2-3,6,8,13,17,21H,4-5,7,9-12H2,1H3. The van der Waals surface area contributed by atoms with Crippen molar-refractivity contribution in [3.05, 3.63) is 51.5 Å². The van der Waals surface area contributed by atoms with Gasteiger partial charge in [-0.3, -0.25) is 4.90 Å². The van der Waals surface area contributed by atoms with Gasteiger partial charge in [0.15, 0.2) is 0 Å². The van der Waals surface area contributed by atoms with E-state index >= 15 is 0 Å².